The van der Waals surface area contributed by atoms with Crippen molar-refractivity contribution in [3.8, 4) is 11.6 Å². The number of benzene rings is 1. The average Bonchev–Trinajstić information content (AvgIpc) is 2.98. The van der Waals surface area contributed by atoms with Gasteiger partial charge in [-0.2, -0.15) is 0 Å². The Morgan fingerprint density at radius 3 is 2.79 bits per heavy atom. The Balaban J connectivity index is 1.82. The van der Waals surface area contributed by atoms with E-state index in [9.17, 15) is 12.8 Å². The molecule has 1 aliphatic heterocycles. The van der Waals surface area contributed by atoms with Crippen molar-refractivity contribution >= 4 is 10.0 Å². The molecule has 10 heteroatoms. The minimum atomic E-state index is -3.60. The van der Waals surface area contributed by atoms with Crippen LogP contribution in [0, 0.1) is 12.7 Å². The summed E-state index contributed by atoms with van der Waals surface area (Å²) in [5, 5.41) is 2.91. The number of rotatable bonds is 7. The summed E-state index contributed by atoms with van der Waals surface area (Å²) in [5.74, 6) is -0.368. The standard InChI is InChI=1S/C19H24F2N4O3S/c1-11-6-7-13(9-22)24-19(11)28-16-5-3-4-12(17(16)21)8-15-18(14(20)10-23-15)25-29(2,26)27/h3-7,14-15,18,23,25H,8-10,22H2,1-2H3/t14-,15-,18-/m0/s1. The number of nitrogens with two attached hydrogens (primary N) is 1. The molecule has 158 valence electrons. The van der Waals surface area contributed by atoms with Crippen LogP contribution in [0.25, 0.3) is 0 Å². The first-order chi connectivity index (χ1) is 13.7. The highest BCUT2D eigenvalue weighted by molar-refractivity contribution is 7.88. The normalized spacial score (nSPS) is 22.0. The zero-order valence-corrected chi connectivity index (χ0v) is 17.0. The van der Waals surface area contributed by atoms with E-state index in [0.29, 0.717) is 5.69 Å². The van der Waals surface area contributed by atoms with Crippen LogP contribution in [0.1, 0.15) is 16.8 Å². The second-order valence-electron chi connectivity index (χ2n) is 7.11. The first-order valence-electron chi connectivity index (χ1n) is 9.14. The molecule has 2 aromatic rings. The molecule has 29 heavy (non-hydrogen) atoms. The third-order valence-electron chi connectivity index (χ3n) is 4.76. The molecule has 1 aromatic carbocycles. The first-order valence-corrected chi connectivity index (χ1v) is 11.0. The van der Waals surface area contributed by atoms with E-state index in [1.54, 1.807) is 31.2 Å². The van der Waals surface area contributed by atoms with Crippen LogP contribution in [0.2, 0.25) is 0 Å². The monoisotopic (exact) mass is 426 g/mol. The maximum atomic E-state index is 15.1. The van der Waals surface area contributed by atoms with Gasteiger partial charge in [0.05, 0.1) is 18.0 Å². The molecular weight excluding hydrogens is 402 g/mol. The summed E-state index contributed by atoms with van der Waals surface area (Å²) in [6.07, 6.45) is -0.344. The minimum absolute atomic E-state index is 0.00927. The second-order valence-corrected chi connectivity index (χ2v) is 8.89. The second kappa shape index (κ2) is 8.70. The van der Waals surface area contributed by atoms with Crippen LogP contribution in [0.3, 0.4) is 0 Å². The van der Waals surface area contributed by atoms with Crippen LogP contribution >= 0.6 is 0 Å². The lowest BCUT2D eigenvalue weighted by Crippen LogP contribution is -2.47. The number of hydrogen-bond acceptors (Lipinski definition) is 6. The van der Waals surface area contributed by atoms with Gasteiger partial charge in [-0.05, 0) is 31.0 Å². The van der Waals surface area contributed by atoms with Crippen molar-refractivity contribution in [2.45, 2.75) is 38.1 Å². The molecule has 0 amide bonds. The highest BCUT2D eigenvalue weighted by atomic mass is 32.2. The van der Waals surface area contributed by atoms with E-state index < -0.39 is 34.1 Å². The Morgan fingerprint density at radius 2 is 2.10 bits per heavy atom. The van der Waals surface area contributed by atoms with E-state index in [-0.39, 0.29) is 36.7 Å². The smallest absolute Gasteiger partial charge is 0.222 e. The number of nitrogens with one attached hydrogen (secondary N) is 2. The van der Waals surface area contributed by atoms with E-state index >= 15 is 4.39 Å². The number of halogens is 2. The van der Waals surface area contributed by atoms with Gasteiger partial charge in [0.25, 0.3) is 0 Å². The van der Waals surface area contributed by atoms with Gasteiger partial charge in [-0.1, -0.05) is 18.2 Å². The summed E-state index contributed by atoms with van der Waals surface area (Å²) in [5.41, 5.74) is 7.21. The van der Waals surface area contributed by atoms with Crippen molar-refractivity contribution in [3.63, 3.8) is 0 Å². The average molecular weight is 426 g/mol. The molecule has 4 N–H and O–H groups in total. The molecule has 3 rings (SSSR count). The van der Waals surface area contributed by atoms with Gasteiger partial charge in [0.2, 0.25) is 15.9 Å². The fraction of sp³-hybridized carbons (Fsp3) is 0.421. The van der Waals surface area contributed by atoms with Crippen LogP contribution in [0.15, 0.2) is 30.3 Å². The van der Waals surface area contributed by atoms with E-state index in [2.05, 4.69) is 15.0 Å². The SMILES string of the molecule is Cc1ccc(CN)nc1Oc1cccc(C[C@@H]2NC[C@H](F)[C@@H]2NS(C)(=O)=O)c1F. The van der Waals surface area contributed by atoms with Crippen LogP contribution in [0.5, 0.6) is 11.6 Å². The molecule has 0 bridgehead atoms. The van der Waals surface area contributed by atoms with Gasteiger partial charge in [-0.25, -0.2) is 26.9 Å². The highest BCUT2D eigenvalue weighted by Crippen LogP contribution is 2.29. The van der Waals surface area contributed by atoms with Gasteiger partial charge < -0.3 is 15.8 Å². The van der Waals surface area contributed by atoms with Crippen molar-refractivity contribution < 1.29 is 21.9 Å². The Bertz CT molecular complexity index is 987. The van der Waals surface area contributed by atoms with Crippen molar-refractivity contribution in [2.75, 3.05) is 12.8 Å². The van der Waals surface area contributed by atoms with Crippen molar-refractivity contribution in [1.29, 1.82) is 0 Å². The fourth-order valence-corrected chi connectivity index (χ4v) is 4.08. The van der Waals surface area contributed by atoms with E-state index in [1.807, 2.05) is 0 Å². The zero-order chi connectivity index (χ0) is 21.2. The van der Waals surface area contributed by atoms with Crippen molar-refractivity contribution in [1.82, 2.24) is 15.0 Å². The number of hydrogen-bond donors (Lipinski definition) is 3. The molecule has 0 spiro atoms. The van der Waals surface area contributed by atoms with E-state index in [0.717, 1.165) is 11.8 Å². The summed E-state index contributed by atoms with van der Waals surface area (Å²) in [7, 11) is -3.60. The van der Waals surface area contributed by atoms with Gasteiger partial charge >= 0.3 is 0 Å². The Hall–Kier alpha value is -2.14. The molecule has 0 unspecified atom stereocenters. The third-order valence-corrected chi connectivity index (χ3v) is 5.46. The molecule has 2 heterocycles. The number of ether oxygens (including phenoxy) is 1. The van der Waals surface area contributed by atoms with Gasteiger partial charge in [-0.3, -0.25) is 0 Å². The zero-order valence-electron chi connectivity index (χ0n) is 16.2. The maximum Gasteiger partial charge on any atom is 0.222 e. The number of pyridine rings is 1. The molecule has 1 fully saturated rings. The third kappa shape index (κ3) is 5.27. The van der Waals surface area contributed by atoms with Gasteiger partial charge in [0.15, 0.2) is 11.6 Å². The Morgan fingerprint density at radius 1 is 1.34 bits per heavy atom. The number of alkyl halides is 1. The molecule has 1 saturated heterocycles. The molecule has 1 aliphatic rings. The lowest BCUT2D eigenvalue weighted by atomic mass is 10.00. The first kappa shape index (κ1) is 21.6. The van der Waals surface area contributed by atoms with Crippen LogP contribution in [0.4, 0.5) is 8.78 Å². The molecule has 0 aliphatic carbocycles. The topological polar surface area (TPSA) is 106 Å². The van der Waals surface area contributed by atoms with Crippen molar-refractivity contribution in [3.05, 3.63) is 53.0 Å². The van der Waals surface area contributed by atoms with Gasteiger partial charge in [0, 0.05) is 24.7 Å². The Labute approximate surface area is 168 Å². The fourth-order valence-electron chi connectivity index (χ4n) is 3.27. The highest BCUT2D eigenvalue weighted by Gasteiger charge is 2.38. The molecule has 7 nitrogen and oxygen atoms in total. The number of aromatic nitrogens is 1. The molecule has 1 aromatic heterocycles. The predicted octanol–water partition coefficient (Wildman–Crippen LogP) is 1.55. The lowest BCUT2D eigenvalue weighted by molar-refractivity contribution is 0.304. The lowest BCUT2D eigenvalue weighted by Gasteiger charge is -2.21. The molecule has 0 radical (unpaired) electrons. The van der Waals surface area contributed by atoms with Crippen molar-refractivity contribution in [2.24, 2.45) is 5.73 Å². The van der Waals surface area contributed by atoms with Crippen LogP contribution in [-0.2, 0) is 23.0 Å². The van der Waals surface area contributed by atoms with Gasteiger partial charge in [-0.15, -0.1) is 0 Å². The maximum absolute atomic E-state index is 15.1. The molecular formula is C19H24F2N4O3S. The molecule has 0 saturated carbocycles. The minimum Gasteiger partial charge on any atom is -0.436 e. The largest absolute Gasteiger partial charge is 0.436 e. The van der Waals surface area contributed by atoms with E-state index in [4.69, 9.17) is 10.5 Å². The molecule has 3 atom stereocenters. The van der Waals surface area contributed by atoms with Gasteiger partial charge in [0.1, 0.15) is 6.17 Å². The Kier molecular flexibility index (Phi) is 6.47. The van der Waals surface area contributed by atoms with Crippen LogP contribution in [-0.4, -0.2) is 44.5 Å². The quantitative estimate of drug-likeness (QED) is 0.620. The van der Waals surface area contributed by atoms with Crippen LogP contribution < -0.4 is 20.5 Å². The number of sulfonamides is 1. The number of aryl methyl sites for hydroxylation is 1. The number of nitrogens with zero attached hydrogens (tertiary/aromatic N) is 1. The van der Waals surface area contributed by atoms with E-state index in [1.165, 1.54) is 6.07 Å². The summed E-state index contributed by atoms with van der Waals surface area (Å²) < 4.78 is 60.2. The summed E-state index contributed by atoms with van der Waals surface area (Å²) >= 11 is 0. The summed E-state index contributed by atoms with van der Waals surface area (Å²) in [6.45, 7) is 2.01. The summed E-state index contributed by atoms with van der Waals surface area (Å²) in [4.78, 5) is 4.27. The predicted molar refractivity (Wildman–Crippen MR) is 105 cm³/mol. The summed E-state index contributed by atoms with van der Waals surface area (Å²) in [6, 6.07) is 6.64.